The Morgan fingerprint density at radius 2 is 2.36 bits per heavy atom. The number of aliphatic imine (C=N–C) groups is 2. The van der Waals surface area contributed by atoms with Crippen LogP contribution in [0.5, 0.6) is 0 Å². The highest BCUT2D eigenvalue weighted by Gasteiger charge is 2.30. The lowest BCUT2D eigenvalue weighted by Gasteiger charge is -2.19. The van der Waals surface area contributed by atoms with Crippen LogP contribution in [0.2, 0.25) is 0 Å². The first-order chi connectivity index (χ1) is 5.27. The van der Waals surface area contributed by atoms with E-state index in [-0.39, 0.29) is 12.1 Å². The van der Waals surface area contributed by atoms with Gasteiger partial charge < -0.3 is 0 Å². The predicted molar refractivity (Wildman–Crippen MR) is 44.0 cm³/mol. The molecule has 2 heterocycles. The van der Waals surface area contributed by atoms with Crippen LogP contribution in [0, 0.1) is 0 Å². The molecule has 2 aliphatic heterocycles. The van der Waals surface area contributed by atoms with Crippen molar-refractivity contribution >= 4 is 35.4 Å². The number of thiocarbonyl (C=S) groups is 1. The highest BCUT2D eigenvalue weighted by Crippen LogP contribution is 2.04. The maximum absolute atomic E-state index is 10.8. The lowest BCUT2D eigenvalue weighted by molar-refractivity contribution is 0.248. The monoisotopic (exact) mass is 168 g/mol. The molecular formula is C5H4N4OS. The van der Waals surface area contributed by atoms with E-state index in [0.717, 1.165) is 0 Å². The Labute approximate surface area is 67.6 Å². The van der Waals surface area contributed by atoms with Crippen LogP contribution in [0.4, 0.5) is 4.79 Å². The summed E-state index contributed by atoms with van der Waals surface area (Å²) in [6.07, 6.45) is 1.39. The molecule has 5 nitrogen and oxygen atoms in total. The second-order valence-electron chi connectivity index (χ2n) is 2.12. The molecule has 0 aromatic carbocycles. The van der Waals surface area contributed by atoms with Crippen LogP contribution >= 0.6 is 12.2 Å². The van der Waals surface area contributed by atoms with E-state index in [1.54, 1.807) is 0 Å². The number of amides is 2. The molecule has 0 spiro atoms. The fourth-order valence-corrected chi connectivity index (χ4v) is 1.19. The molecule has 0 bridgehead atoms. The number of hydrogen-bond acceptors (Lipinski definition) is 4. The van der Waals surface area contributed by atoms with E-state index in [2.05, 4.69) is 20.6 Å². The molecule has 11 heavy (non-hydrogen) atoms. The fraction of sp³-hybridized carbons (Fsp3) is 0.200. The van der Waals surface area contributed by atoms with Crippen LogP contribution in [0.1, 0.15) is 0 Å². The summed E-state index contributed by atoms with van der Waals surface area (Å²) in [7, 11) is 0. The Morgan fingerprint density at radius 1 is 1.55 bits per heavy atom. The molecule has 6 heteroatoms. The number of carbonyl (C=O) groups excluding carboxylic acids is 1. The summed E-state index contributed by atoms with van der Waals surface area (Å²) < 4.78 is 0. The van der Waals surface area contributed by atoms with E-state index in [9.17, 15) is 4.79 Å². The van der Waals surface area contributed by atoms with Crippen LogP contribution < -0.4 is 10.6 Å². The van der Waals surface area contributed by atoms with Crippen molar-refractivity contribution in [3.63, 3.8) is 0 Å². The van der Waals surface area contributed by atoms with E-state index < -0.39 is 0 Å². The third kappa shape index (κ3) is 0.911. The molecule has 0 radical (unpaired) electrons. The molecule has 2 amide bonds. The zero-order valence-electron chi connectivity index (χ0n) is 5.37. The summed E-state index contributed by atoms with van der Waals surface area (Å²) in [4.78, 5) is 18.9. The van der Waals surface area contributed by atoms with E-state index in [0.29, 0.717) is 10.8 Å². The Kier molecular flexibility index (Phi) is 1.22. The van der Waals surface area contributed by atoms with Crippen molar-refractivity contribution in [2.75, 3.05) is 0 Å². The van der Waals surface area contributed by atoms with Crippen molar-refractivity contribution in [2.45, 2.75) is 6.04 Å². The van der Waals surface area contributed by atoms with Crippen LogP contribution in [0.25, 0.3) is 0 Å². The van der Waals surface area contributed by atoms with Crippen molar-refractivity contribution in [3.8, 4) is 0 Å². The van der Waals surface area contributed by atoms with Crippen LogP contribution in [0.15, 0.2) is 9.98 Å². The van der Waals surface area contributed by atoms with Gasteiger partial charge in [-0.05, 0) is 0 Å². The van der Waals surface area contributed by atoms with Crippen molar-refractivity contribution < 1.29 is 4.79 Å². The zero-order valence-corrected chi connectivity index (χ0v) is 6.18. The predicted octanol–water partition coefficient (Wildman–Crippen LogP) is -0.564. The summed E-state index contributed by atoms with van der Waals surface area (Å²) in [5, 5.41) is 4.93. The summed E-state index contributed by atoms with van der Waals surface area (Å²) >= 11 is 4.85. The van der Waals surface area contributed by atoms with Gasteiger partial charge in [-0.2, -0.15) is 0 Å². The average molecular weight is 168 g/mol. The normalized spacial score (nSPS) is 27.3. The van der Waals surface area contributed by atoms with Gasteiger partial charge in [-0.3, -0.25) is 15.6 Å². The molecule has 0 saturated carbocycles. The maximum atomic E-state index is 10.8. The molecule has 56 valence electrons. The highest BCUT2D eigenvalue weighted by molar-refractivity contribution is 7.80. The first-order valence-electron chi connectivity index (χ1n) is 2.98. The molecule has 1 atom stereocenters. The topological polar surface area (TPSA) is 65.8 Å². The Morgan fingerprint density at radius 3 is 3.18 bits per heavy atom. The second-order valence-corrected chi connectivity index (χ2v) is 2.56. The molecule has 2 aliphatic rings. The molecule has 0 aromatic heterocycles. The van der Waals surface area contributed by atoms with Gasteiger partial charge in [0.1, 0.15) is 17.2 Å². The standard InChI is InChI=1S/C5H4N4OS/c10-5-8-3-2(4(11)9-5)6-1-7-3/h1-2H,(H2,6,7,8,9,10,11). The number of rotatable bonds is 0. The number of nitrogens with zero attached hydrogens (tertiary/aromatic N) is 2. The van der Waals surface area contributed by atoms with E-state index in [1.807, 2.05) is 0 Å². The van der Waals surface area contributed by atoms with Crippen LogP contribution in [0.3, 0.4) is 0 Å². The summed E-state index contributed by atoms with van der Waals surface area (Å²) in [5.41, 5.74) is 0. The molecule has 2 N–H and O–H groups in total. The number of hydrogen-bond donors (Lipinski definition) is 2. The fourth-order valence-electron chi connectivity index (χ4n) is 0.924. The van der Waals surface area contributed by atoms with Gasteiger partial charge in [0.05, 0.1) is 0 Å². The minimum Gasteiger partial charge on any atom is -0.300 e. The Balaban J connectivity index is 2.31. The van der Waals surface area contributed by atoms with Gasteiger partial charge in [0.2, 0.25) is 0 Å². The molecule has 1 saturated heterocycles. The molecular weight excluding hydrogens is 164 g/mol. The van der Waals surface area contributed by atoms with Gasteiger partial charge in [-0.15, -0.1) is 0 Å². The molecule has 1 unspecified atom stereocenters. The highest BCUT2D eigenvalue weighted by atomic mass is 32.1. The SMILES string of the molecule is O=C1NC(=S)C2N=CN=C2N1. The number of carbonyl (C=O) groups is 1. The second kappa shape index (κ2) is 2.09. The molecule has 0 aromatic rings. The van der Waals surface area contributed by atoms with Crippen molar-refractivity contribution in [3.05, 3.63) is 0 Å². The minimum absolute atomic E-state index is 0.275. The smallest absolute Gasteiger partial charge is 0.300 e. The van der Waals surface area contributed by atoms with Gasteiger partial charge >= 0.3 is 6.03 Å². The largest absolute Gasteiger partial charge is 0.325 e. The van der Waals surface area contributed by atoms with E-state index in [1.165, 1.54) is 6.34 Å². The number of nitrogens with one attached hydrogen (secondary N) is 2. The molecule has 1 fully saturated rings. The summed E-state index contributed by atoms with van der Waals surface area (Å²) in [6.45, 7) is 0. The summed E-state index contributed by atoms with van der Waals surface area (Å²) in [5.74, 6) is 0.513. The lowest BCUT2D eigenvalue weighted by atomic mass is 10.2. The first kappa shape index (κ1) is 6.41. The lowest BCUT2D eigenvalue weighted by Crippen LogP contribution is -2.56. The van der Waals surface area contributed by atoms with E-state index in [4.69, 9.17) is 12.2 Å². The quantitative estimate of drug-likeness (QED) is 0.476. The van der Waals surface area contributed by atoms with Gasteiger partial charge in [0.25, 0.3) is 0 Å². The van der Waals surface area contributed by atoms with Crippen molar-refractivity contribution in [1.29, 1.82) is 0 Å². The summed E-state index contributed by atoms with van der Waals surface area (Å²) in [6, 6.07) is -0.613. The third-order valence-corrected chi connectivity index (χ3v) is 1.72. The molecule has 2 rings (SSSR count). The third-order valence-electron chi connectivity index (χ3n) is 1.40. The number of fused-ring (bicyclic) bond motifs is 1. The van der Waals surface area contributed by atoms with Crippen LogP contribution in [-0.2, 0) is 0 Å². The van der Waals surface area contributed by atoms with Crippen LogP contribution in [-0.4, -0.2) is 29.2 Å². The van der Waals surface area contributed by atoms with Gasteiger partial charge in [-0.25, -0.2) is 9.79 Å². The Hall–Kier alpha value is -1.30. The van der Waals surface area contributed by atoms with Gasteiger partial charge in [0.15, 0.2) is 6.04 Å². The van der Waals surface area contributed by atoms with Gasteiger partial charge in [-0.1, -0.05) is 12.2 Å². The molecule has 0 aliphatic carbocycles. The van der Waals surface area contributed by atoms with Gasteiger partial charge in [0, 0.05) is 0 Å². The van der Waals surface area contributed by atoms with Crippen molar-refractivity contribution in [1.82, 2.24) is 10.6 Å². The first-order valence-corrected chi connectivity index (χ1v) is 3.39. The van der Waals surface area contributed by atoms with E-state index >= 15 is 0 Å². The maximum Gasteiger partial charge on any atom is 0.325 e. The number of amidine groups is 1. The zero-order chi connectivity index (χ0) is 7.84. The van der Waals surface area contributed by atoms with Crippen molar-refractivity contribution in [2.24, 2.45) is 9.98 Å². The average Bonchev–Trinajstić information content (AvgIpc) is 2.34. The minimum atomic E-state index is -0.337. The number of urea groups is 1. The Bertz CT molecular complexity index is 295.